The fourth-order valence-electron chi connectivity index (χ4n) is 2.49. The van der Waals surface area contributed by atoms with Gasteiger partial charge in [0, 0.05) is 5.57 Å². The van der Waals surface area contributed by atoms with Gasteiger partial charge in [-0.25, -0.2) is 0 Å². The molecule has 1 aromatic heterocycles. The average molecular weight is 308 g/mol. The maximum absolute atomic E-state index is 11.7. The third-order valence-corrected chi connectivity index (χ3v) is 3.72. The molecule has 2 heteroatoms. The molecule has 2 nitrogen and oxygen atoms in total. The second kappa shape index (κ2) is 6.82. The Morgan fingerprint density at radius 1 is 1.13 bits per heavy atom. The Morgan fingerprint density at radius 2 is 1.78 bits per heavy atom. The number of aryl methyl sites for hydroxylation is 1. The number of hydrogen-bond acceptors (Lipinski definition) is 2. The van der Waals surface area contributed by atoms with E-state index in [-0.39, 0.29) is 11.2 Å². The summed E-state index contributed by atoms with van der Waals surface area (Å²) in [6.45, 7) is 9.82. The summed E-state index contributed by atoms with van der Waals surface area (Å²) in [5.74, 6) is 1.47. The minimum Gasteiger partial charge on any atom is -0.461 e. The van der Waals surface area contributed by atoms with Crippen molar-refractivity contribution >= 4 is 17.4 Å². The molecule has 2 aromatic rings. The quantitative estimate of drug-likeness (QED) is 0.517. The summed E-state index contributed by atoms with van der Waals surface area (Å²) in [6.07, 6.45) is 6.16. The number of Topliss-reactive ketones (excluding diaryl/α,β-unsaturated/α-hetero) is 1. The van der Waals surface area contributed by atoms with Gasteiger partial charge in [0.1, 0.15) is 11.5 Å². The molecule has 0 aliphatic carbocycles. The van der Waals surface area contributed by atoms with Gasteiger partial charge in [-0.05, 0) is 30.9 Å². The average Bonchev–Trinajstić information content (AvgIpc) is 2.85. The zero-order valence-electron chi connectivity index (χ0n) is 14.5. The molecule has 120 valence electrons. The van der Waals surface area contributed by atoms with E-state index >= 15 is 0 Å². The fraction of sp³-hybridized carbons (Fsp3) is 0.286. The monoisotopic (exact) mass is 308 g/mol. The Bertz CT molecular complexity index is 738. The summed E-state index contributed by atoms with van der Waals surface area (Å²) >= 11 is 0. The lowest BCUT2D eigenvalue weighted by molar-refractivity contribution is 0.101. The number of benzene rings is 1. The van der Waals surface area contributed by atoms with E-state index in [1.807, 2.05) is 37.3 Å². The van der Waals surface area contributed by atoms with Crippen LogP contribution >= 0.6 is 0 Å². The molecule has 0 aliphatic heterocycles. The number of hydrogen-bond donors (Lipinski definition) is 0. The van der Waals surface area contributed by atoms with Crippen molar-refractivity contribution in [3.63, 3.8) is 0 Å². The van der Waals surface area contributed by atoms with Gasteiger partial charge in [0.25, 0.3) is 0 Å². The number of allylic oxidation sites excluding steroid dienone is 3. The highest BCUT2D eigenvalue weighted by atomic mass is 16.3. The molecule has 0 amide bonds. The van der Waals surface area contributed by atoms with E-state index in [0.717, 1.165) is 16.9 Å². The standard InChI is InChI=1S/C21H24O2/c1-15(22)18-14-20(23-16(18)2)19(21(3,4)5)13-9-12-17-10-7-6-8-11-17/h6-14H,1-5H3/b12-9+,19-13+. The topological polar surface area (TPSA) is 30.2 Å². The maximum Gasteiger partial charge on any atom is 0.163 e. The van der Waals surface area contributed by atoms with Crippen LogP contribution in [0.1, 0.15) is 55.1 Å². The van der Waals surface area contributed by atoms with Crippen molar-refractivity contribution in [2.75, 3.05) is 0 Å². The first-order valence-corrected chi connectivity index (χ1v) is 7.84. The Kier molecular flexibility index (Phi) is 5.05. The lowest BCUT2D eigenvalue weighted by Gasteiger charge is -2.21. The molecule has 0 radical (unpaired) electrons. The van der Waals surface area contributed by atoms with Crippen LogP contribution in [-0.4, -0.2) is 5.78 Å². The molecule has 1 aromatic carbocycles. The summed E-state index contributed by atoms with van der Waals surface area (Å²) in [4.78, 5) is 11.7. The molecular formula is C21H24O2. The summed E-state index contributed by atoms with van der Waals surface area (Å²) < 4.78 is 5.84. The van der Waals surface area contributed by atoms with Crippen LogP contribution in [0.25, 0.3) is 11.6 Å². The molecular weight excluding hydrogens is 284 g/mol. The summed E-state index contributed by atoms with van der Waals surface area (Å²) in [7, 11) is 0. The Balaban J connectivity index is 2.38. The largest absolute Gasteiger partial charge is 0.461 e. The Hall–Kier alpha value is -2.35. The van der Waals surface area contributed by atoms with Gasteiger partial charge in [-0.15, -0.1) is 0 Å². The van der Waals surface area contributed by atoms with E-state index < -0.39 is 0 Å². The molecule has 0 atom stereocenters. The van der Waals surface area contributed by atoms with E-state index in [9.17, 15) is 4.79 Å². The van der Waals surface area contributed by atoms with Gasteiger partial charge in [-0.1, -0.05) is 69.3 Å². The molecule has 0 saturated carbocycles. The Labute approximate surface area is 138 Å². The van der Waals surface area contributed by atoms with Crippen LogP contribution in [0.15, 0.2) is 53.0 Å². The van der Waals surface area contributed by atoms with Crippen molar-refractivity contribution in [3.05, 3.63) is 71.2 Å². The van der Waals surface area contributed by atoms with Gasteiger partial charge in [0.05, 0.1) is 5.56 Å². The highest BCUT2D eigenvalue weighted by molar-refractivity contribution is 5.96. The van der Waals surface area contributed by atoms with Crippen molar-refractivity contribution in [3.8, 4) is 0 Å². The number of furan rings is 1. The molecule has 0 saturated heterocycles. The van der Waals surface area contributed by atoms with Crippen molar-refractivity contribution in [2.45, 2.75) is 34.6 Å². The third kappa shape index (κ3) is 4.32. The van der Waals surface area contributed by atoms with Gasteiger partial charge in [-0.2, -0.15) is 0 Å². The molecule has 0 bridgehead atoms. The highest BCUT2D eigenvalue weighted by Gasteiger charge is 2.23. The number of rotatable bonds is 4. The molecule has 2 rings (SSSR count). The van der Waals surface area contributed by atoms with Crippen LogP contribution in [0.4, 0.5) is 0 Å². The molecule has 0 spiro atoms. The maximum atomic E-state index is 11.7. The van der Waals surface area contributed by atoms with Gasteiger partial charge >= 0.3 is 0 Å². The van der Waals surface area contributed by atoms with Crippen LogP contribution in [0, 0.1) is 12.3 Å². The number of ketones is 1. The first-order chi connectivity index (χ1) is 10.8. The minimum absolute atomic E-state index is 0.0330. The predicted molar refractivity (Wildman–Crippen MR) is 96.4 cm³/mol. The first kappa shape index (κ1) is 17.0. The molecule has 1 heterocycles. The fourth-order valence-corrected chi connectivity index (χ4v) is 2.49. The van der Waals surface area contributed by atoms with E-state index in [1.165, 1.54) is 0 Å². The molecule has 0 fully saturated rings. The van der Waals surface area contributed by atoms with Crippen molar-refractivity contribution in [1.29, 1.82) is 0 Å². The van der Waals surface area contributed by atoms with Gasteiger partial charge in [0.15, 0.2) is 5.78 Å². The van der Waals surface area contributed by atoms with Crippen LogP contribution in [-0.2, 0) is 0 Å². The summed E-state index contributed by atoms with van der Waals surface area (Å²) in [5, 5.41) is 0. The van der Waals surface area contributed by atoms with E-state index in [4.69, 9.17) is 4.42 Å². The van der Waals surface area contributed by atoms with Gasteiger partial charge in [0.2, 0.25) is 0 Å². The number of carbonyl (C=O) groups is 1. The predicted octanol–water partition coefficient (Wildman–Crippen LogP) is 5.93. The molecule has 0 aliphatic rings. The van der Waals surface area contributed by atoms with Crippen molar-refractivity contribution in [2.24, 2.45) is 5.41 Å². The second-order valence-corrected chi connectivity index (χ2v) is 6.74. The zero-order chi connectivity index (χ0) is 17.0. The molecule has 23 heavy (non-hydrogen) atoms. The highest BCUT2D eigenvalue weighted by Crippen LogP contribution is 2.36. The number of carbonyl (C=O) groups excluding carboxylic acids is 1. The Morgan fingerprint density at radius 3 is 2.30 bits per heavy atom. The lowest BCUT2D eigenvalue weighted by atomic mass is 9.84. The van der Waals surface area contributed by atoms with Crippen LogP contribution < -0.4 is 0 Å². The molecule has 0 unspecified atom stereocenters. The van der Waals surface area contributed by atoms with E-state index in [0.29, 0.717) is 11.3 Å². The third-order valence-electron chi connectivity index (χ3n) is 3.72. The normalized spacial score (nSPS) is 12.8. The van der Waals surface area contributed by atoms with Gasteiger partial charge < -0.3 is 4.42 Å². The smallest absolute Gasteiger partial charge is 0.163 e. The molecule has 0 N–H and O–H groups in total. The van der Waals surface area contributed by atoms with E-state index in [2.05, 4.69) is 45.1 Å². The van der Waals surface area contributed by atoms with Crippen LogP contribution in [0.5, 0.6) is 0 Å². The minimum atomic E-state index is -0.0839. The van der Waals surface area contributed by atoms with E-state index in [1.54, 1.807) is 6.92 Å². The van der Waals surface area contributed by atoms with Crippen molar-refractivity contribution < 1.29 is 9.21 Å². The first-order valence-electron chi connectivity index (χ1n) is 7.84. The second-order valence-electron chi connectivity index (χ2n) is 6.74. The summed E-state index contributed by atoms with van der Waals surface area (Å²) in [6, 6.07) is 12.0. The lowest BCUT2D eigenvalue weighted by Crippen LogP contribution is -2.07. The van der Waals surface area contributed by atoms with Crippen LogP contribution in [0.3, 0.4) is 0 Å². The van der Waals surface area contributed by atoms with Crippen LogP contribution in [0.2, 0.25) is 0 Å². The zero-order valence-corrected chi connectivity index (χ0v) is 14.5. The SMILES string of the molecule is CC(=O)c1cc(/C(=C\C=C\c2ccccc2)C(C)(C)C)oc1C. The van der Waals surface area contributed by atoms with Gasteiger partial charge in [-0.3, -0.25) is 4.79 Å². The van der Waals surface area contributed by atoms with Crippen molar-refractivity contribution in [1.82, 2.24) is 0 Å². The summed E-state index contributed by atoms with van der Waals surface area (Å²) in [5.41, 5.74) is 2.79.